The van der Waals surface area contributed by atoms with Crippen LogP contribution in [-0.2, 0) is 9.47 Å². The Hall–Kier alpha value is -1.82. The molecular weight excluding hydrogens is 236 g/mol. The van der Waals surface area contributed by atoms with Crippen molar-refractivity contribution < 1.29 is 19.0 Å². The molecule has 0 bridgehead atoms. The molecule has 2 N–H and O–H groups in total. The first-order valence-electron chi connectivity index (χ1n) is 5.62. The fourth-order valence-corrected chi connectivity index (χ4v) is 1.28. The minimum atomic E-state index is -0.510. The second-order valence-electron chi connectivity index (χ2n) is 3.86. The highest BCUT2D eigenvalue weighted by Gasteiger charge is 2.14. The fourth-order valence-electron chi connectivity index (χ4n) is 1.28. The zero-order chi connectivity index (χ0) is 13.5. The van der Waals surface area contributed by atoms with Gasteiger partial charge in [0.25, 0.3) is 0 Å². The van der Waals surface area contributed by atoms with Gasteiger partial charge in [0, 0.05) is 0 Å². The number of esters is 1. The zero-order valence-corrected chi connectivity index (χ0v) is 10.8. The summed E-state index contributed by atoms with van der Waals surface area (Å²) in [5, 5.41) is 0. The lowest BCUT2D eigenvalue weighted by Gasteiger charge is -2.11. The largest absolute Gasteiger partial charge is 0.489 e. The number of aromatic nitrogens is 1. The van der Waals surface area contributed by atoms with Gasteiger partial charge in [-0.05, 0) is 19.9 Å². The Bertz CT molecular complexity index is 407. The van der Waals surface area contributed by atoms with E-state index in [1.54, 1.807) is 0 Å². The highest BCUT2D eigenvalue weighted by molar-refractivity contribution is 5.93. The van der Waals surface area contributed by atoms with Crippen LogP contribution in [0, 0.1) is 0 Å². The van der Waals surface area contributed by atoms with Gasteiger partial charge < -0.3 is 19.9 Å². The van der Waals surface area contributed by atoms with Crippen molar-refractivity contribution in [2.45, 2.75) is 20.0 Å². The molecule has 18 heavy (non-hydrogen) atoms. The first-order valence-corrected chi connectivity index (χ1v) is 5.62. The predicted molar refractivity (Wildman–Crippen MR) is 66.6 cm³/mol. The minimum Gasteiger partial charge on any atom is -0.489 e. The van der Waals surface area contributed by atoms with E-state index in [9.17, 15) is 4.79 Å². The number of hydrogen-bond acceptors (Lipinski definition) is 6. The van der Waals surface area contributed by atoms with E-state index in [1.807, 2.05) is 13.8 Å². The summed E-state index contributed by atoms with van der Waals surface area (Å²) in [5.41, 5.74) is 5.77. The third kappa shape index (κ3) is 4.21. The van der Waals surface area contributed by atoms with Crippen LogP contribution >= 0.6 is 0 Å². The summed E-state index contributed by atoms with van der Waals surface area (Å²) in [6.07, 6.45) is 1.54. The van der Waals surface area contributed by atoms with E-state index in [1.165, 1.54) is 19.4 Å². The Balaban J connectivity index is 2.66. The first kappa shape index (κ1) is 14.2. The Morgan fingerprint density at radius 3 is 2.78 bits per heavy atom. The molecule has 0 aromatic carbocycles. The molecule has 0 saturated carbocycles. The minimum absolute atomic E-state index is 0.137. The van der Waals surface area contributed by atoms with Crippen molar-refractivity contribution in [2.75, 3.05) is 26.1 Å². The van der Waals surface area contributed by atoms with Crippen molar-refractivity contribution in [3.8, 4) is 5.75 Å². The summed E-state index contributed by atoms with van der Waals surface area (Å²) in [4.78, 5) is 15.4. The van der Waals surface area contributed by atoms with Gasteiger partial charge in [0.1, 0.15) is 18.0 Å². The lowest BCUT2D eigenvalue weighted by Crippen LogP contribution is -2.13. The van der Waals surface area contributed by atoms with Crippen LogP contribution in [0.3, 0.4) is 0 Å². The van der Waals surface area contributed by atoms with Crippen molar-refractivity contribution in [3.63, 3.8) is 0 Å². The van der Waals surface area contributed by atoms with E-state index in [0.29, 0.717) is 19.0 Å². The van der Waals surface area contributed by atoms with E-state index in [2.05, 4.69) is 9.72 Å². The molecule has 0 unspecified atom stereocenters. The number of nitrogens with two attached hydrogens (primary N) is 1. The van der Waals surface area contributed by atoms with Gasteiger partial charge in [0.2, 0.25) is 0 Å². The third-order valence-electron chi connectivity index (χ3n) is 2.09. The van der Waals surface area contributed by atoms with E-state index >= 15 is 0 Å². The van der Waals surface area contributed by atoms with Crippen LogP contribution in [0.5, 0.6) is 5.75 Å². The summed E-state index contributed by atoms with van der Waals surface area (Å²) in [6.45, 7) is 4.63. The molecule has 0 aliphatic heterocycles. The molecule has 1 aromatic heterocycles. The van der Waals surface area contributed by atoms with Gasteiger partial charge in [-0.3, -0.25) is 0 Å². The second-order valence-corrected chi connectivity index (χ2v) is 3.86. The number of methoxy groups -OCH3 is 1. The van der Waals surface area contributed by atoms with Gasteiger partial charge in [-0.15, -0.1) is 0 Å². The van der Waals surface area contributed by atoms with Crippen LogP contribution in [0.1, 0.15) is 24.2 Å². The van der Waals surface area contributed by atoms with Crippen LogP contribution in [0.2, 0.25) is 0 Å². The molecule has 0 fully saturated rings. The molecule has 0 radical (unpaired) electrons. The van der Waals surface area contributed by atoms with Crippen LogP contribution < -0.4 is 10.5 Å². The monoisotopic (exact) mass is 254 g/mol. The van der Waals surface area contributed by atoms with Crippen molar-refractivity contribution >= 4 is 11.8 Å². The Morgan fingerprint density at radius 2 is 2.17 bits per heavy atom. The highest BCUT2D eigenvalue weighted by Crippen LogP contribution is 2.20. The summed E-state index contributed by atoms with van der Waals surface area (Å²) in [6, 6.07) is 1.42. The fraction of sp³-hybridized carbons (Fsp3) is 0.500. The van der Waals surface area contributed by atoms with Crippen LogP contribution in [0.15, 0.2) is 12.3 Å². The predicted octanol–water partition coefficient (Wildman–Crippen LogP) is 1.25. The summed E-state index contributed by atoms with van der Waals surface area (Å²) >= 11 is 0. The standard InChI is InChI=1S/C12H18N2O4/c1-8(2)17-4-5-18-10-7-14-11(13)6-9(10)12(15)16-3/h6-8H,4-5H2,1-3H3,(H2,13,14). The number of nitrogen functional groups attached to an aromatic ring is 1. The molecular formula is C12H18N2O4. The van der Waals surface area contributed by atoms with E-state index in [-0.39, 0.29) is 17.5 Å². The Morgan fingerprint density at radius 1 is 1.44 bits per heavy atom. The Labute approximate surface area is 106 Å². The molecule has 1 aromatic rings. The zero-order valence-electron chi connectivity index (χ0n) is 10.8. The van der Waals surface area contributed by atoms with E-state index < -0.39 is 5.97 Å². The quantitative estimate of drug-likeness (QED) is 0.607. The molecule has 0 saturated heterocycles. The maximum atomic E-state index is 11.5. The number of pyridine rings is 1. The summed E-state index contributed by atoms with van der Waals surface area (Å²) in [5.74, 6) is 0.0634. The highest BCUT2D eigenvalue weighted by atomic mass is 16.5. The van der Waals surface area contributed by atoms with Crippen molar-refractivity contribution in [1.29, 1.82) is 0 Å². The van der Waals surface area contributed by atoms with Crippen molar-refractivity contribution in [1.82, 2.24) is 4.98 Å². The second kappa shape index (κ2) is 6.80. The van der Waals surface area contributed by atoms with Gasteiger partial charge in [0.15, 0.2) is 5.75 Å². The molecule has 0 amide bonds. The maximum absolute atomic E-state index is 11.5. The maximum Gasteiger partial charge on any atom is 0.341 e. The van der Waals surface area contributed by atoms with Gasteiger partial charge in [-0.1, -0.05) is 0 Å². The number of ether oxygens (including phenoxy) is 3. The van der Waals surface area contributed by atoms with Crippen LogP contribution in [0.25, 0.3) is 0 Å². The molecule has 0 atom stereocenters. The SMILES string of the molecule is COC(=O)c1cc(N)ncc1OCCOC(C)C. The average molecular weight is 254 g/mol. The summed E-state index contributed by atoms with van der Waals surface area (Å²) < 4.78 is 15.4. The number of nitrogens with zero attached hydrogens (tertiary/aromatic N) is 1. The van der Waals surface area contributed by atoms with Crippen molar-refractivity contribution in [2.24, 2.45) is 0 Å². The number of rotatable bonds is 6. The normalized spacial score (nSPS) is 10.4. The van der Waals surface area contributed by atoms with Crippen LogP contribution in [0.4, 0.5) is 5.82 Å². The van der Waals surface area contributed by atoms with Gasteiger partial charge in [-0.25, -0.2) is 9.78 Å². The summed E-state index contributed by atoms with van der Waals surface area (Å²) in [7, 11) is 1.30. The topological polar surface area (TPSA) is 83.7 Å². The average Bonchev–Trinajstić information content (AvgIpc) is 2.34. The number of anilines is 1. The molecule has 0 aliphatic carbocycles. The number of carbonyl (C=O) groups excluding carboxylic acids is 1. The van der Waals surface area contributed by atoms with Crippen molar-refractivity contribution in [3.05, 3.63) is 17.8 Å². The third-order valence-corrected chi connectivity index (χ3v) is 2.09. The number of hydrogen-bond donors (Lipinski definition) is 1. The van der Waals surface area contributed by atoms with Gasteiger partial charge >= 0.3 is 5.97 Å². The molecule has 6 heteroatoms. The smallest absolute Gasteiger partial charge is 0.341 e. The van der Waals surface area contributed by atoms with E-state index in [0.717, 1.165) is 0 Å². The molecule has 0 aliphatic rings. The molecule has 100 valence electrons. The number of carbonyl (C=O) groups is 1. The molecule has 1 heterocycles. The Kier molecular flexibility index (Phi) is 5.38. The van der Waals surface area contributed by atoms with E-state index in [4.69, 9.17) is 15.2 Å². The lowest BCUT2D eigenvalue weighted by atomic mass is 10.2. The molecule has 0 spiro atoms. The molecule has 1 rings (SSSR count). The van der Waals surface area contributed by atoms with Gasteiger partial charge in [-0.2, -0.15) is 0 Å². The lowest BCUT2D eigenvalue weighted by molar-refractivity contribution is 0.0521. The molecule has 6 nitrogen and oxygen atoms in total. The van der Waals surface area contributed by atoms with Crippen LogP contribution in [-0.4, -0.2) is 37.4 Å². The first-order chi connectivity index (χ1) is 8.54. The van der Waals surface area contributed by atoms with Gasteiger partial charge in [0.05, 0.1) is 26.0 Å².